The van der Waals surface area contributed by atoms with E-state index in [1.807, 2.05) is 13.0 Å². The van der Waals surface area contributed by atoms with Crippen molar-refractivity contribution in [2.45, 2.75) is 39.7 Å². The van der Waals surface area contributed by atoms with Crippen LogP contribution in [0.25, 0.3) is 0 Å². The van der Waals surface area contributed by atoms with Crippen LogP contribution < -0.4 is 11.1 Å². The smallest absolute Gasteiger partial charge is 0.138 e. The Labute approximate surface area is 118 Å². The third kappa shape index (κ3) is 3.20. The highest BCUT2D eigenvalue weighted by Gasteiger charge is 2.20. The molecule has 0 aromatic carbocycles. The van der Waals surface area contributed by atoms with E-state index in [-0.39, 0.29) is 5.41 Å². The van der Waals surface area contributed by atoms with Crippen LogP contribution in [0.1, 0.15) is 37.9 Å². The summed E-state index contributed by atoms with van der Waals surface area (Å²) in [4.78, 5) is 17.0. The molecule has 0 radical (unpaired) electrons. The molecule has 2 heterocycles. The van der Waals surface area contributed by atoms with Crippen molar-refractivity contribution < 1.29 is 0 Å². The van der Waals surface area contributed by atoms with Crippen LogP contribution in [0.4, 0.5) is 11.6 Å². The minimum absolute atomic E-state index is 0.146. The second-order valence-electron chi connectivity index (χ2n) is 5.71. The van der Waals surface area contributed by atoms with Gasteiger partial charge in [0.05, 0.1) is 12.2 Å². The molecule has 0 aliphatic carbocycles. The van der Waals surface area contributed by atoms with Crippen LogP contribution in [-0.4, -0.2) is 19.9 Å². The van der Waals surface area contributed by atoms with Gasteiger partial charge in [-0.25, -0.2) is 19.9 Å². The van der Waals surface area contributed by atoms with Gasteiger partial charge in [-0.1, -0.05) is 20.8 Å². The Morgan fingerprint density at radius 1 is 1.25 bits per heavy atom. The van der Waals surface area contributed by atoms with Gasteiger partial charge in [0.2, 0.25) is 0 Å². The maximum atomic E-state index is 5.97. The van der Waals surface area contributed by atoms with Crippen molar-refractivity contribution >= 4 is 11.6 Å². The van der Waals surface area contributed by atoms with Gasteiger partial charge in [0.1, 0.15) is 23.8 Å². The first-order valence-electron chi connectivity index (χ1n) is 6.51. The molecule has 6 heteroatoms. The van der Waals surface area contributed by atoms with Crippen molar-refractivity contribution in [3.63, 3.8) is 0 Å². The van der Waals surface area contributed by atoms with Gasteiger partial charge < -0.3 is 11.1 Å². The van der Waals surface area contributed by atoms with Crippen molar-refractivity contribution in [3.8, 4) is 0 Å². The molecule has 0 saturated heterocycles. The highest BCUT2D eigenvalue weighted by atomic mass is 15.1. The SMILES string of the molecule is Cc1c(N)nc(C(C)(C)C)nc1NCc1ccncn1. The predicted molar refractivity (Wildman–Crippen MR) is 79.2 cm³/mol. The molecule has 3 N–H and O–H groups in total. The minimum Gasteiger partial charge on any atom is -0.383 e. The molecular formula is C14H20N6. The van der Waals surface area contributed by atoms with Crippen LogP contribution in [-0.2, 0) is 12.0 Å². The molecule has 0 aliphatic rings. The first kappa shape index (κ1) is 14.2. The average molecular weight is 272 g/mol. The largest absolute Gasteiger partial charge is 0.383 e. The summed E-state index contributed by atoms with van der Waals surface area (Å²) in [7, 11) is 0. The van der Waals surface area contributed by atoms with Gasteiger partial charge in [-0.2, -0.15) is 0 Å². The Morgan fingerprint density at radius 2 is 2.00 bits per heavy atom. The second kappa shape index (κ2) is 5.40. The van der Waals surface area contributed by atoms with Gasteiger partial charge in [0, 0.05) is 17.2 Å². The monoisotopic (exact) mass is 272 g/mol. The molecule has 20 heavy (non-hydrogen) atoms. The van der Waals surface area contributed by atoms with E-state index in [2.05, 4.69) is 46.0 Å². The maximum absolute atomic E-state index is 5.97. The summed E-state index contributed by atoms with van der Waals surface area (Å²) in [6.07, 6.45) is 3.24. The van der Waals surface area contributed by atoms with Crippen LogP contribution in [0.2, 0.25) is 0 Å². The summed E-state index contributed by atoms with van der Waals surface area (Å²) in [6, 6.07) is 1.86. The molecule has 0 spiro atoms. The van der Waals surface area contributed by atoms with Gasteiger partial charge in [0.15, 0.2) is 0 Å². The summed E-state index contributed by atoms with van der Waals surface area (Å²) in [6.45, 7) is 8.66. The van der Waals surface area contributed by atoms with Crippen LogP contribution in [0.3, 0.4) is 0 Å². The first-order valence-corrected chi connectivity index (χ1v) is 6.51. The standard InChI is InChI=1S/C14H20N6/c1-9-11(15)19-13(14(2,3)4)20-12(9)17-7-10-5-6-16-8-18-10/h5-6,8H,7H2,1-4H3,(H3,15,17,19,20). The van der Waals surface area contributed by atoms with Crippen molar-refractivity contribution in [1.29, 1.82) is 0 Å². The Balaban J connectivity index is 2.25. The van der Waals surface area contributed by atoms with Gasteiger partial charge in [-0.3, -0.25) is 0 Å². The van der Waals surface area contributed by atoms with Crippen molar-refractivity contribution in [2.75, 3.05) is 11.1 Å². The number of nitrogens with zero attached hydrogens (tertiary/aromatic N) is 4. The zero-order valence-corrected chi connectivity index (χ0v) is 12.3. The summed E-state index contributed by atoms with van der Waals surface area (Å²) in [5, 5.41) is 3.26. The highest BCUT2D eigenvalue weighted by molar-refractivity contribution is 5.55. The Hall–Kier alpha value is -2.24. The number of nitrogen functional groups attached to an aromatic ring is 1. The highest BCUT2D eigenvalue weighted by Crippen LogP contribution is 2.24. The fourth-order valence-electron chi connectivity index (χ4n) is 1.64. The lowest BCUT2D eigenvalue weighted by atomic mass is 9.95. The lowest BCUT2D eigenvalue weighted by Crippen LogP contribution is -2.19. The molecule has 0 unspecified atom stereocenters. The lowest BCUT2D eigenvalue weighted by Gasteiger charge is -2.19. The number of hydrogen-bond donors (Lipinski definition) is 2. The topological polar surface area (TPSA) is 89.6 Å². The molecular weight excluding hydrogens is 252 g/mol. The molecule has 106 valence electrons. The lowest BCUT2D eigenvalue weighted by molar-refractivity contribution is 0.546. The summed E-state index contributed by atoms with van der Waals surface area (Å²) < 4.78 is 0. The number of hydrogen-bond acceptors (Lipinski definition) is 6. The van der Waals surface area contributed by atoms with E-state index in [4.69, 9.17) is 5.73 Å². The number of aromatic nitrogens is 4. The molecule has 0 aliphatic heterocycles. The van der Waals surface area contributed by atoms with E-state index in [1.165, 1.54) is 6.33 Å². The van der Waals surface area contributed by atoms with E-state index in [0.717, 1.165) is 22.9 Å². The average Bonchev–Trinajstić information content (AvgIpc) is 2.40. The fourth-order valence-corrected chi connectivity index (χ4v) is 1.64. The molecule has 0 amide bonds. The van der Waals surface area contributed by atoms with Gasteiger partial charge in [-0.15, -0.1) is 0 Å². The van der Waals surface area contributed by atoms with Crippen molar-refractivity contribution in [1.82, 2.24) is 19.9 Å². The summed E-state index contributed by atoms with van der Waals surface area (Å²) in [5.41, 5.74) is 7.58. The Morgan fingerprint density at radius 3 is 2.60 bits per heavy atom. The minimum atomic E-state index is -0.146. The maximum Gasteiger partial charge on any atom is 0.138 e. The Bertz CT molecular complexity index is 589. The number of rotatable bonds is 3. The third-order valence-electron chi connectivity index (χ3n) is 2.93. The van der Waals surface area contributed by atoms with Crippen molar-refractivity contribution in [2.24, 2.45) is 0 Å². The molecule has 2 aromatic heterocycles. The predicted octanol–water partition coefficient (Wildman–Crippen LogP) is 2.07. The molecule has 0 fully saturated rings. The van der Waals surface area contributed by atoms with E-state index < -0.39 is 0 Å². The Kier molecular flexibility index (Phi) is 3.83. The number of nitrogens with one attached hydrogen (secondary N) is 1. The molecule has 2 rings (SSSR count). The van der Waals surface area contributed by atoms with Crippen molar-refractivity contribution in [3.05, 3.63) is 35.7 Å². The van der Waals surface area contributed by atoms with E-state index in [0.29, 0.717) is 12.4 Å². The molecule has 0 bridgehead atoms. The van der Waals surface area contributed by atoms with Gasteiger partial charge >= 0.3 is 0 Å². The molecule has 6 nitrogen and oxygen atoms in total. The number of anilines is 2. The van der Waals surface area contributed by atoms with E-state index in [9.17, 15) is 0 Å². The number of nitrogens with two attached hydrogens (primary N) is 1. The quantitative estimate of drug-likeness (QED) is 0.889. The molecule has 2 aromatic rings. The zero-order chi connectivity index (χ0) is 14.8. The van der Waals surface area contributed by atoms with Gasteiger partial charge in [-0.05, 0) is 13.0 Å². The molecule has 0 saturated carbocycles. The third-order valence-corrected chi connectivity index (χ3v) is 2.93. The van der Waals surface area contributed by atoms with Crippen LogP contribution in [0, 0.1) is 6.92 Å². The summed E-state index contributed by atoms with van der Waals surface area (Å²) in [5.74, 6) is 1.99. The first-order chi connectivity index (χ1) is 9.38. The normalized spacial score (nSPS) is 11.4. The molecule has 0 atom stereocenters. The fraction of sp³-hybridized carbons (Fsp3) is 0.429. The van der Waals surface area contributed by atoms with Crippen LogP contribution in [0.5, 0.6) is 0 Å². The van der Waals surface area contributed by atoms with E-state index in [1.54, 1.807) is 6.20 Å². The second-order valence-corrected chi connectivity index (χ2v) is 5.71. The zero-order valence-electron chi connectivity index (χ0n) is 12.3. The van der Waals surface area contributed by atoms with E-state index >= 15 is 0 Å². The van der Waals surface area contributed by atoms with Gasteiger partial charge in [0.25, 0.3) is 0 Å². The summed E-state index contributed by atoms with van der Waals surface area (Å²) >= 11 is 0. The van der Waals surface area contributed by atoms with Crippen LogP contribution >= 0.6 is 0 Å². The van der Waals surface area contributed by atoms with Crippen LogP contribution in [0.15, 0.2) is 18.6 Å².